The van der Waals surface area contributed by atoms with Crippen molar-refractivity contribution >= 4 is 12.1 Å². The van der Waals surface area contributed by atoms with Gasteiger partial charge in [-0.1, -0.05) is 19.3 Å². The SMILES string of the molecule is O=C(O)N[C@H]1CC[C@H](NC(=O)NC2CCCCC2)CC1. The van der Waals surface area contributed by atoms with Gasteiger partial charge in [-0.05, 0) is 38.5 Å². The molecular formula is C14H25N3O3. The molecule has 4 N–H and O–H groups in total. The minimum Gasteiger partial charge on any atom is -0.465 e. The van der Waals surface area contributed by atoms with Crippen molar-refractivity contribution < 1.29 is 14.7 Å². The zero-order valence-corrected chi connectivity index (χ0v) is 11.9. The summed E-state index contributed by atoms with van der Waals surface area (Å²) in [5.41, 5.74) is 0. The van der Waals surface area contributed by atoms with Crippen molar-refractivity contribution in [2.24, 2.45) is 0 Å². The van der Waals surface area contributed by atoms with E-state index in [0.717, 1.165) is 38.5 Å². The second-order valence-electron chi connectivity index (χ2n) is 5.95. The Morgan fingerprint density at radius 1 is 0.700 bits per heavy atom. The molecule has 0 aliphatic heterocycles. The van der Waals surface area contributed by atoms with Crippen LogP contribution in [0.3, 0.4) is 0 Å². The summed E-state index contributed by atoms with van der Waals surface area (Å²) >= 11 is 0. The van der Waals surface area contributed by atoms with Crippen LogP contribution in [0.15, 0.2) is 0 Å². The highest BCUT2D eigenvalue weighted by atomic mass is 16.4. The minimum absolute atomic E-state index is 0.0342. The lowest BCUT2D eigenvalue weighted by molar-refractivity contribution is 0.182. The minimum atomic E-state index is -0.962. The Morgan fingerprint density at radius 3 is 1.65 bits per heavy atom. The monoisotopic (exact) mass is 283 g/mol. The Morgan fingerprint density at radius 2 is 1.15 bits per heavy atom. The summed E-state index contributed by atoms with van der Waals surface area (Å²) < 4.78 is 0. The van der Waals surface area contributed by atoms with Crippen LogP contribution < -0.4 is 16.0 Å². The smallest absolute Gasteiger partial charge is 0.404 e. The van der Waals surface area contributed by atoms with Crippen LogP contribution in [0.25, 0.3) is 0 Å². The average Bonchev–Trinajstić information content (AvgIpc) is 2.41. The standard InChI is InChI=1S/C14H25N3O3/c18-13(15-10-4-2-1-3-5-10)16-11-6-8-12(9-7-11)17-14(19)20/h10-12,17H,1-9H2,(H,19,20)(H2,15,16,18)/t11-,12-. The summed E-state index contributed by atoms with van der Waals surface area (Å²) in [6, 6.07) is 0.470. The first kappa shape index (κ1) is 14.9. The number of nitrogens with one attached hydrogen (secondary N) is 3. The Hall–Kier alpha value is -1.46. The summed E-state index contributed by atoms with van der Waals surface area (Å²) in [7, 11) is 0. The molecule has 2 saturated carbocycles. The van der Waals surface area contributed by atoms with E-state index in [9.17, 15) is 9.59 Å². The maximum Gasteiger partial charge on any atom is 0.404 e. The van der Waals surface area contributed by atoms with Gasteiger partial charge in [0, 0.05) is 18.1 Å². The van der Waals surface area contributed by atoms with E-state index in [0.29, 0.717) is 6.04 Å². The molecular weight excluding hydrogens is 258 g/mol. The van der Waals surface area contributed by atoms with Gasteiger partial charge in [-0.2, -0.15) is 0 Å². The zero-order valence-electron chi connectivity index (χ0n) is 11.9. The van der Waals surface area contributed by atoms with Crippen molar-refractivity contribution in [2.75, 3.05) is 0 Å². The van der Waals surface area contributed by atoms with Gasteiger partial charge in [-0.15, -0.1) is 0 Å². The Kier molecular flexibility index (Phi) is 5.49. The number of carbonyl (C=O) groups excluding carboxylic acids is 1. The number of hydrogen-bond donors (Lipinski definition) is 4. The average molecular weight is 283 g/mol. The van der Waals surface area contributed by atoms with E-state index in [-0.39, 0.29) is 18.1 Å². The first-order valence-corrected chi connectivity index (χ1v) is 7.70. The van der Waals surface area contributed by atoms with Gasteiger partial charge in [0.25, 0.3) is 0 Å². The largest absolute Gasteiger partial charge is 0.465 e. The molecule has 0 bridgehead atoms. The van der Waals surface area contributed by atoms with Crippen molar-refractivity contribution in [3.8, 4) is 0 Å². The molecule has 3 amide bonds. The van der Waals surface area contributed by atoms with Crippen LogP contribution in [-0.2, 0) is 0 Å². The first-order valence-electron chi connectivity index (χ1n) is 7.70. The maximum atomic E-state index is 11.9. The van der Waals surface area contributed by atoms with E-state index in [1.54, 1.807) is 0 Å². The summed E-state index contributed by atoms with van der Waals surface area (Å²) in [5.74, 6) is 0. The van der Waals surface area contributed by atoms with Gasteiger partial charge >= 0.3 is 12.1 Å². The number of rotatable bonds is 3. The van der Waals surface area contributed by atoms with Gasteiger partial charge in [0.05, 0.1) is 0 Å². The quantitative estimate of drug-likeness (QED) is 0.640. The van der Waals surface area contributed by atoms with Crippen molar-refractivity contribution in [2.45, 2.75) is 75.9 Å². The van der Waals surface area contributed by atoms with Gasteiger partial charge < -0.3 is 21.1 Å². The van der Waals surface area contributed by atoms with Crippen LogP contribution in [0.2, 0.25) is 0 Å². The second kappa shape index (κ2) is 7.36. The van der Waals surface area contributed by atoms with Gasteiger partial charge in [0.15, 0.2) is 0 Å². The number of carboxylic acid groups (broad SMARTS) is 1. The Balaban J connectivity index is 1.64. The molecule has 0 atom stereocenters. The summed E-state index contributed by atoms with van der Waals surface area (Å²) in [6.45, 7) is 0. The highest BCUT2D eigenvalue weighted by molar-refractivity contribution is 5.74. The Labute approximate surface area is 119 Å². The molecule has 0 heterocycles. The van der Waals surface area contributed by atoms with Crippen molar-refractivity contribution in [1.29, 1.82) is 0 Å². The fourth-order valence-electron chi connectivity index (χ4n) is 3.22. The maximum absolute atomic E-state index is 11.9. The molecule has 2 aliphatic rings. The molecule has 0 spiro atoms. The van der Waals surface area contributed by atoms with Crippen LogP contribution in [-0.4, -0.2) is 35.4 Å². The normalized spacial score (nSPS) is 27.6. The van der Waals surface area contributed by atoms with E-state index in [4.69, 9.17) is 5.11 Å². The predicted molar refractivity (Wildman–Crippen MR) is 75.7 cm³/mol. The number of urea groups is 1. The molecule has 2 fully saturated rings. The molecule has 114 valence electrons. The lowest BCUT2D eigenvalue weighted by Crippen LogP contribution is -2.49. The first-order chi connectivity index (χ1) is 9.63. The van der Waals surface area contributed by atoms with E-state index in [1.807, 2.05) is 0 Å². The Bertz CT molecular complexity index is 335. The third kappa shape index (κ3) is 4.90. The van der Waals surface area contributed by atoms with Crippen molar-refractivity contribution in [1.82, 2.24) is 16.0 Å². The topological polar surface area (TPSA) is 90.5 Å². The zero-order chi connectivity index (χ0) is 14.4. The molecule has 0 aromatic rings. The van der Waals surface area contributed by atoms with Gasteiger partial charge in [0.1, 0.15) is 0 Å². The number of amides is 3. The van der Waals surface area contributed by atoms with Gasteiger partial charge in [-0.3, -0.25) is 0 Å². The second-order valence-corrected chi connectivity index (χ2v) is 5.95. The third-order valence-corrected chi connectivity index (χ3v) is 4.33. The summed E-state index contributed by atoms with van der Waals surface area (Å²) in [6.07, 6.45) is 8.16. The van der Waals surface area contributed by atoms with Crippen LogP contribution in [0.1, 0.15) is 57.8 Å². The predicted octanol–water partition coefficient (Wildman–Crippen LogP) is 2.20. The van der Waals surface area contributed by atoms with Crippen molar-refractivity contribution in [3.05, 3.63) is 0 Å². The molecule has 0 aromatic heterocycles. The van der Waals surface area contributed by atoms with Crippen LogP contribution >= 0.6 is 0 Å². The molecule has 20 heavy (non-hydrogen) atoms. The molecule has 0 radical (unpaired) electrons. The molecule has 6 heteroatoms. The molecule has 2 aliphatic carbocycles. The van der Waals surface area contributed by atoms with Crippen LogP contribution in [0.4, 0.5) is 9.59 Å². The summed E-state index contributed by atoms with van der Waals surface area (Å²) in [4.78, 5) is 22.5. The third-order valence-electron chi connectivity index (χ3n) is 4.33. The van der Waals surface area contributed by atoms with E-state index in [2.05, 4.69) is 16.0 Å². The number of hydrogen-bond acceptors (Lipinski definition) is 2. The highest BCUT2D eigenvalue weighted by Crippen LogP contribution is 2.19. The molecule has 0 unspecified atom stereocenters. The van der Waals surface area contributed by atoms with Gasteiger partial charge in [-0.25, -0.2) is 9.59 Å². The fourth-order valence-corrected chi connectivity index (χ4v) is 3.22. The van der Waals surface area contributed by atoms with Crippen LogP contribution in [0.5, 0.6) is 0 Å². The van der Waals surface area contributed by atoms with Crippen molar-refractivity contribution in [3.63, 3.8) is 0 Å². The molecule has 0 aromatic carbocycles. The van der Waals surface area contributed by atoms with Gasteiger partial charge in [0.2, 0.25) is 0 Å². The van der Waals surface area contributed by atoms with E-state index >= 15 is 0 Å². The molecule has 0 saturated heterocycles. The fraction of sp³-hybridized carbons (Fsp3) is 0.857. The summed E-state index contributed by atoms with van der Waals surface area (Å²) in [5, 5.41) is 17.2. The van der Waals surface area contributed by atoms with E-state index < -0.39 is 6.09 Å². The lowest BCUT2D eigenvalue weighted by Gasteiger charge is -2.30. The molecule has 6 nitrogen and oxygen atoms in total. The lowest BCUT2D eigenvalue weighted by atomic mass is 9.91. The highest BCUT2D eigenvalue weighted by Gasteiger charge is 2.24. The number of carbonyl (C=O) groups is 2. The molecule has 2 rings (SSSR count). The van der Waals surface area contributed by atoms with Crippen LogP contribution in [0, 0.1) is 0 Å². The van der Waals surface area contributed by atoms with E-state index in [1.165, 1.54) is 19.3 Å².